The van der Waals surface area contributed by atoms with Crippen LogP contribution in [0.15, 0.2) is 22.9 Å². The maximum Gasteiger partial charge on any atom is 0.419 e. The van der Waals surface area contributed by atoms with Crippen molar-refractivity contribution in [1.82, 2.24) is 10.2 Å². The van der Waals surface area contributed by atoms with E-state index in [1.807, 2.05) is 13.8 Å². The second kappa shape index (κ2) is 6.24. The van der Waals surface area contributed by atoms with Crippen LogP contribution in [0.2, 0.25) is 0 Å². The molecule has 0 aliphatic carbocycles. The van der Waals surface area contributed by atoms with Gasteiger partial charge in [0.25, 0.3) is 5.89 Å². The Morgan fingerprint density at radius 1 is 1.00 bits per heavy atom. The van der Waals surface area contributed by atoms with Crippen molar-refractivity contribution >= 4 is 0 Å². The van der Waals surface area contributed by atoms with Crippen LogP contribution in [0.3, 0.4) is 0 Å². The number of phenols is 1. The molecule has 0 bridgehead atoms. The van der Waals surface area contributed by atoms with Crippen molar-refractivity contribution in [3.63, 3.8) is 0 Å². The lowest BCUT2D eigenvalue weighted by Crippen LogP contribution is -2.11. The Kier molecular flexibility index (Phi) is 5.05. The molecule has 2 aromatic rings. The Morgan fingerprint density at radius 3 is 2.00 bits per heavy atom. The highest BCUT2D eigenvalue weighted by molar-refractivity contribution is 5.66. The van der Waals surface area contributed by atoms with E-state index in [0.29, 0.717) is 12.5 Å². The van der Waals surface area contributed by atoms with Gasteiger partial charge in [-0.25, -0.2) is 0 Å². The summed E-state index contributed by atoms with van der Waals surface area (Å²) >= 11 is 0. The van der Waals surface area contributed by atoms with E-state index in [9.17, 15) is 31.4 Å². The van der Waals surface area contributed by atoms with E-state index in [4.69, 9.17) is 0 Å². The fourth-order valence-corrected chi connectivity index (χ4v) is 1.47. The van der Waals surface area contributed by atoms with Gasteiger partial charge in [-0.1, -0.05) is 13.8 Å². The van der Waals surface area contributed by atoms with Crippen LogP contribution in [0, 0.1) is 0 Å². The molecular formula is C12H10F6N2O2. The zero-order valence-corrected chi connectivity index (χ0v) is 11.2. The summed E-state index contributed by atoms with van der Waals surface area (Å²) in [4.78, 5) is 0. The van der Waals surface area contributed by atoms with Crippen LogP contribution in [0.5, 0.6) is 5.75 Å². The summed E-state index contributed by atoms with van der Waals surface area (Å²) < 4.78 is 80.2. The average molecular weight is 328 g/mol. The first-order chi connectivity index (χ1) is 10.1. The van der Waals surface area contributed by atoms with E-state index in [1.165, 1.54) is 0 Å². The molecule has 0 spiro atoms. The number of phenolic OH excluding ortho intramolecular Hbond substituents is 1. The number of halogens is 6. The molecule has 22 heavy (non-hydrogen) atoms. The molecule has 0 saturated carbocycles. The van der Waals surface area contributed by atoms with Crippen molar-refractivity contribution in [1.29, 1.82) is 0 Å². The lowest BCUT2D eigenvalue weighted by Gasteiger charge is -2.15. The third-order valence-corrected chi connectivity index (χ3v) is 2.33. The van der Waals surface area contributed by atoms with E-state index in [1.54, 1.807) is 0 Å². The Morgan fingerprint density at radius 2 is 1.59 bits per heavy atom. The van der Waals surface area contributed by atoms with Gasteiger partial charge in [-0.05, 0) is 12.1 Å². The molecule has 10 heteroatoms. The molecule has 1 heterocycles. The molecule has 1 N–H and O–H groups in total. The molecule has 122 valence electrons. The fraction of sp³-hybridized carbons (Fsp3) is 0.333. The Hall–Kier alpha value is -2.26. The van der Waals surface area contributed by atoms with E-state index >= 15 is 0 Å². The van der Waals surface area contributed by atoms with Gasteiger partial charge in [0.05, 0.1) is 16.7 Å². The normalized spacial score (nSPS) is 11.8. The zero-order chi connectivity index (χ0) is 17.1. The Labute approximate surface area is 120 Å². The molecule has 0 amide bonds. The van der Waals surface area contributed by atoms with Crippen molar-refractivity contribution in [2.24, 2.45) is 0 Å². The maximum atomic E-state index is 12.6. The molecule has 0 fully saturated rings. The van der Waals surface area contributed by atoms with E-state index < -0.39 is 40.7 Å². The van der Waals surface area contributed by atoms with Gasteiger partial charge in [-0.15, -0.1) is 10.2 Å². The standard InChI is InChI=1S/C10H4F6N2O2.C2H6/c11-9(12,13)4-1-5(8-18-17-3-20-8)7(19)6(2-4)10(14,15)16;1-2/h1-3,19H;1-2H3. The minimum atomic E-state index is -5.17. The van der Waals surface area contributed by atoms with Gasteiger partial charge in [0, 0.05) is 0 Å². The number of alkyl halides is 6. The second-order valence-corrected chi connectivity index (χ2v) is 3.66. The SMILES string of the molecule is CC.Oc1c(-c2nnco2)cc(C(F)(F)F)cc1C(F)(F)F. The molecule has 0 aliphatic rings. The van der Waals surface area contributed by atoms with Crippen LogP contribution >= 0.6 is 0 Å². The molecular weight excluding hydrogens is 318 g/mol. The van der Waals surface area contributed by atoms with Gasteiger partial charge in [0.2, 0.25) is 6.39 Å². The minimum absolute atomic E-state index is 0.185. The minimum Gasteiger partial charge on any atom is -0.506 e. The first kappa shape index (κ1) is 17.8. The lowest BCUT2D eigenvalue weighted by molar-refractivity contribution is -0.143. The van der Waals surface area contributed by atoms with E-state index in [2.05, 4.69) is 14.6 Å². The van der Waals surface area contributed by atoms with Crippen LogP contribution < -0.4 is 0 Å². The topological polar surface area (TPSA) is 59.2 Å². The molecule has 1 aromatic heterocycles. The third kappa shape index (κ3) is 3.68. The van der Waals surface area contributed by atoms with Crippen LogP contribution in [0.25, 0.3) is 11.5 Å². The highest BCUT2D eigenvalue weighted by Crippen LogP contribution is 2.44. The molecule has 0 saturated heterocycles. The van der Waals surface area contributed by atoms with Crippen LogP contribution in [0.4, 0.5) is 26.3 Å². The first-order valence-electron chi connectivity index (χ1n) is 5.88. The van der Waals surface area contributed by atoms with E-state index in [0.717, 1.165) is 0 Å². The number of aromatic nitrogens is 2. The molecule has 0 aliphatic heterocycles. The summed E-state index contributed by atoms with van der Waals surface area (Å²) in [6.07, 6.45) is -9.48. The summed E-state index contributed by atoms with van der Waals surface area (Å²) in [5.74, 6) is -2.06. The number of aromatic hydroxyl groups is 1. The molecule has 4 nitrogen and oxygen atoms in total. The molecule has 0 atom stereocenters. The van der Waals surface area contributed by atoms with Gasteiger partial charge in [-0.3, -0.25) is 0 Å². The van der Waals surface area contributed by atoms with Crippen molar-refractivity contribution in [3.05, 3.63) is 29.7 Å². The van der Waals surface area contributed by atoms with Crippen LogP contribution in [0.1, 0.15) is 25.0 Å². The van der Waals surface area contributed by atoms with Crippen LogP contribution in [-0.4, -0.2) is 15.3 Å². The van der Waals surface area contributed by atoms with Gasteiger partial charge in [-0.2, -0.15) is 26.3 Å². The van der Waals surface area contributed by atoms with Crippen molar-refractivity contribution in [2.75, 3.05) is 0 Å². The van der Waals surface area contributed by atoms with Crippen molar-refractivity contribution in [3.8, 4) is 17.2 Å². The van der Waals surface area contributed by atoms with E-state index in [-0.39, 0.29) is 6.07 Å². The fourth-order valence-electron chi connectivity index (χ4n) is 1.47. The van der Waals surface area contributed by atoms with Crippen LogP contribution in [-0.2, 0) is 12.4 Å². The van der Waals surface area contributed by atoms with Gasteiger partial charge in [0.1, 0.15) is 5.75 Å². The number of hydrogen-bond acceptors (Lipinski definition) is 4. The van der Waals surface area contributed by atoms with Gasteiger partial charge < -0.3 is 9.52 Å². The maximum absolute atomic E-state index is 12.6. The average Bonchev–Trinajstić information content (AvgIpc) is 2.92. The largest absolute Gasteiger partial charge is 0.506 e. The Balaban J connectivity index is 0.00000116. The Bertz CT molecular complexity index is 620. The first-order valence-corrected chi connectivity index (χ1v) is 5.88. The summed E-state index contributed by atoms with van der Waals surface area (Å²) in [6.45, 7) is 4.00. The predicted molar refractivity (Wildman–Crippen MR) is 62.8 cm³/mol. The number of rotatable bonds is 1. The van der Waals surface area contributed by atoms with Crippen molar-refractivity contribution in [2.45, 2.75) is 26.2 Å². The number of nitrogens with zero attached hydrogens (tertiary/aromatic N) is 2. The summed E-state index contributed by atoms with van der Waals surface area (Å²) in [7, 11) is 0. The monoisotopic (exact) mass is 328 g/mol. The quantitative estimate of drug-likeness (QED) is 0.783. The molecule has 0 radical (unpaired) electrons. The van der Waals surface area contributed by atoms with Gasteiger partial charge in [0.15, 0.2) is 0 Å². The highest BCUT2D eigenvalue weighted by Gasteiger charge is 2.40. The summed E-state index contributed by atoms with van der Waals surface area (Å²) in [5, 5.41) is 15.8. The lowest BCUT2D eigenvalue weighted by atomic mass is 10.0. The predicted octanol–water partition coefficient (Wildman–Crippen LogP) is 4.51. The molecule has 2 rings (SSSR count). The molecule has 0 unspecified atom stereocenters. The summed E-state index contributed by atoms with van der Waals surface area (Å²) in [6, 6.07) is 0.118. The highest BCUT2D eigenvalue weighted by atomic mass is 19.4. The van der Waals surface area contributed by atoms with Gasteiger partial charge >= 0.3 is 12.4 Å². The smallest absolute Gasteiger partial charge is 0.419 e. The number of benzene rings is 1. The summed E-state index contributed by atoms with van der Waals surface area (Å²) in [5.41, 5.74) is -4.26. The van der Waals surface area contributed by atoms with Crippen molar-refractivity contribution < 1.29 is 35.9 Å². The second-order valence-electron chi connectivity index (χ2n) is 3.66. The zero-order valence-electron chi connectivity index (χ0n) is 11.2. The third-order valence-electron chi connectivity index (χ3n) is 2.33. The number of hydrogen-bond donors (Lipinski definition) is 1. The molecule has 1 aromatic carbocycles.